The van der Waals surface area contributed by atoms with Crippen molar-refractivity contribution < 1.29 is 9.63 Å². The molecule has 0 heterocycles. The fourth-order valence-electron chi connectivity index (χ4n) is 0.800. The van der Waals surface area contributed by atoms with E-state index in [2.05, 4.69) is 11.4 Å². The Morgan fingerprint density at radius 1 is 1.71 bits per heavy atom. The standard InChI is InChI=1S/C9H10ClN2O2/c1-12(14-2)9(13)11-8-5-3-4-7(10)6-8/h3,5-6H,1-2H3,(H,11,13). The van der Waals surface area contributed by atoms with E-state index >= 15 is 0 Å². The third-order valence-corrected chi connectivity index (χ3v) is 1.80. The van der Waals surface area contributed by atoms with E-state index in [9.17, 15) is 4.79 Å². The molecule has 0 unspecified atom stereocenters. The number of benzene rings is 1. The van der Waals surface area contributed by atoms with Crippen LogP contribution in [0.1, 0.15) is 0 Å². The molecule has 0 spiro atoms. The number of amides is 2. The van der Waals surface area contributed by atoms with Crippen LogP contribution in [0, 0.1) is 6.07 Å². The van der Waals surface area contributed by atoms with Crippen LogP contribution < -0.4 is 5.32 Å². The zero-order chi connectivity index (χ0) is 10.6. The summed E-state index contributed by atoms with van der Waals surface area (Å²) in [6, 6.07) is 7.31. The maximum Gasteiger partial charge on any atom is 0.345 e. The van der Waals surface area contributed by atoms with E-state index in [1.807, 2.05) is 0 Å². The lowest BCUT2D eigenvalue weighted by molar-refractivity contribution is -0.0598. The fourth-order valence-corrected chi connectivity index (χ4v) is 0.981. The van der Waals surface area contributed by atoms with Crippen molar-refractivity contribution in [2.45, 2.75) is 0 Å². The predicted molar refractivity (Wildman–Crippen MR) is 54.1 cm³/mol. The molecule has 75 valence electrons. The normalized spacial score (nSPS) is 9.64. The summed E-state index contributed by atoms with van der Waals surface area (Å²) in [6.07, 6.45) is 0. The van der Waals surface area contributed by atoms with Crippen molar-refractivity contribution in [3.63, 3.8) is 0 Å². The number of rotatable bonds is 2. The number of halogens is 1. The van der Waals surface area contributed by atoms with Gasteiger partial charge in [0.2, 0.25) is 0 Å². The number of nitrogens with one attached hydrogen (secondary N) is 1. The first-order chi connectivity index (χ1) is 6.63. The topological polar surface area (TPSA) is 41.6 Å². The van der Waals surface area contributed by atoms with Crippen molar-refractivity contribution in [3.05, 3.63) is 29.3 Å². The van der Waals surface area contributed by atoms with Gasteiger partial charge in [0, 0.05) is 18.8 Å². The molecule has 0 aliphatic carbocycles. The molecule has 1 aromatic rings. The number of anilines is 1. The van der Waals surface area contributed by atoms with Crippen molar-refractivity contribution in [2.75, 3.05) is 19.5 Å². The monoisotopic (exact) mass is 213 g/mol. The van der Waals surface area contributed by atoms with E-state index in [1.165, 1.54) is 14.2 Å². The van der Waals surface area contributed by atoms with Crippen LogP contribution in [0.25, 0.3) is 0 Å². The zero-order valence-electron chi connectivity index (χ0n) is 7.87. The maximum atomic E-state index is 11.3. The Morgan fingerprint density at radius 3 is 3.00 bits per heavy atom. The van der Waals surface area contributed by atoms with Crippen molar-refractivity contribution in [1.29, 1.82) is 0 Å². The number of carbonyl (C=O) groups is 1. The Kier molecular flexibility index (Phi) is 3.73. The van der Waals surface area contributed by atoms with Gasteiger partial charge in [-0.25, -0.2) is 9.86 Å². The summed E-state index contributed by atoms with van der Waals surface area (Å²) in [6.45, 7) is 0. The van der Waals surface area contributed by atoms with Crippen molar-refractivity contribution in [3.8, 4) is 0 Å². The third kappa shape index (κ3) is 2.90. The van der Waals surface area contributed by atoms with Crippen molar-refractivity contribution >= 4 is 23.3 Å². The molecule has 0 bridgehead atoms. The lowest BCUT2D eigenvalue weighted by atomic mass is 10.3. The van der Waals surface area contributed by atoms with Gasteiger partial charge in [0.05, 0.1) is 12.1 Å². The van der Waals surface area contributed by atoms with Crippen LogP contribution in [0.5, 0.6) is 0 Å². The van der Waals surface area contributed by atoms with Gasteiger partial charge in [-0.05, 0) is 12.1 Å². The molecule has 5 heteroatoms. The fraction of sp³-hybridized carbons (Fsp3) is 0.222. The molecular weight excluding hydrogens is 204 g/mol. The SMILES string of the molecule is CON(C)C(=O)Nc1cc[c]c(Cl)c1. The largest absolute Gasteiger partial charge is 0.345 e. The first kappa shape index (κ1) is 10.8. The summed E-state index contributed by atoms with van der Waals surface area (Å²) in [7, 11) is 2.91. The first-order valence-electron chi connectivity index (χ1n) is 3.89. The average molecular weight is 214 g/mol. The van der Waals surface area contributed by atoms with Gasteiger partial charge in [0.1, 0.15) is 0 Å². The molecule has 0 aromatic heterocycles. The molecular formula is C9H10ClN2O2. The molecule has 1 rings (SSSR count). The van der Waals surface area contributed by atoms with E-state index in [0.29, 0.717) is 10.7 Å². The summed E-state index contributed by atoms with van der Waals surface area (Å²) in [4.78, 5) is 16.0. The lowest BCUT2D eigenvalue weighted by Crippen LogP contribution is -2.30. The molecule has 0 fully saturated rings. The van der Waals surface area contributed by atoms with Gasteiger partial charge in [-0.3, -0.25) is 4.84 Å². The molecule has 0 atom stereocenters. The van der Waals surface area contributed by atoms with E-state index in [1.54, 1.807) is 18.2 Å². The van der Waals surface area contributed by atoms with Gasteiger partial charge in [0.15, 0.2) is 0 Å². The highest BCUT2D eigenvalue weighted by atomic mass is 35.5. The molecule has 1 radical (unpaired) electrons. The molecule has 0 saturated carbocycles. The second-order valence-electron chi connectivity index (χ2n) is 2.54. The highest BCUT2D eigenvalue weighted by Gasteiger charge is 2.07. The van der Waals surface area contributed by atoms with Gasteiger partial charge < -0.3 is 5.32 Å². The number of carbonyl (C=O) groups excluding carboxylic acids is 1. The molecule has 0 aliphatic rings. The second-order valence-corrected chi connectivity index (χ2v) is 2.94. The second kappa shape index (κ2) is 4.83. The Morgan fingerprint density at radius 2 is 2.43 bits per heavy atom. The molecule has 1 aromatic carbocycles. The average Bonchev–Trinajstić information content (AvgIpc) is 2.16. The summed E-state index contributed by atoms with van der Waals surface area (Å²) in [5.41, 5.74) is 0.600. The molecule has 4 nitrogen and oxygen atoms in total. The van der Waals surface area contributed by atoms with Gasteiger partial charge in [-0.1, -0.05) is 17.7 Å². The van der Waals surface area contributed by atoms with Crippen LogP contribution in [0.4, 0.5) is 10.5 Å². The minimum Gasteiger partial charge on any atom is -0.306 e. The van der Waals surface area contributed by atoms with Crippen LogP contribution in [0.2, 0.25) is 5.02 Å². The van der Waals surface area contributed by atoms with Crippen LogP contribution in [0.15, 0.2) is 18.2 Å². The van der Waals surface area contributed by atoms with E-state index in [-0.39, 0.29) is 6.03 Å². The van der Waals surface area contributed by atoms with Gasteiger partial charge in [-0.2, -0.15) is 0 Å². The van der Waals surface area contributed by atoms with Crippen LogP contribution >= 0.6 is 11.6 Å². The maximum absolute atomic E-state index is 11.3. The molecule has 2 amide bonds. The molecule has 1 N–H and O–H groups in total. The Balaban J connectivity index is 2.65. The Bertz CT molecular complexity index is 330. The number of hydrogen-bond donors (Lipinski definition) is 1. The number of nitrogens with zero attached hydrogens (tertiary/aromatic N) is 1. The highest BCUT2D eigenvalue weighted by molar-refractivity contribution is 6.30. The summed E-state index contributed by atoms with van der Waals surface area (Å²) in [5, 5.41) is 4.11. The molecule has 14 heavy (non-hydrogen) atoms. The smallest absolute Gasteiger partial charge is 0.306 e. The minimum absolute atomic E-state index is 0.366. The quantitative estimate of drug-likeness (QED) is 0.765. The van der Waals surface area contributed by atoms with Gasteiger partial charge in [-0.15, -0.1) is 0 Å². The molecule has 0 aliphatic heterocycles. The van der Waals surface area contributed by atoms with Crippen LogP contribution in [-0.2, 0) is 4.84 Å². The summed E-state index contributed by atoms with van der Waals surface area (Å²) in [5.74, 6) is 0. The number of urea groups is 1. The van der Waals surface area contributed by atoms with Crippen LogP contribution in [-0.4, -0.2) is 25.3 Å². The molecule has 0 saturated heterocycles. The Hall–Kier alpha value is -1.26. The summed E-state index contributed by atoms with van der Waals surface area (Å²) >= 11 is 5.69. The number of hydrogen-bond acceptors (Lipinski definition) is 2. The van der Waals surface area contributed by atoms with Crippen molar-refractivity contribution in [1.82, 2.24) is 5.06 Å². The van der Waals surface area contributed by atoms with E-state index < -0.39 is 0 Å². The van der Waals surface area contributed by atoms with E-state index in [4.69, 9.17) is 16.4 Å². The van der Waals surface area contributed by atoms with E-state index in [0.717, 1.165) is 5.06 Å². The lowest BCUT2D eigenvalue weighted by Gasteiger charge is -2.14. The van der Waals surface area contributed by atoms with Crippen molar-refractivity contribution in [2.24, 2.45) is 0 Å². The predicted octanol–water partition coefficient (Wildman–Crippen LogP) is 2.17. The number of hydroxylamine groups is 2. The van der Waals surface area contributed by atoms with Gasteiger partial charge in [0.25, 0.3) is 0 Å². The highest BCUT2D eigenvalue weighted by Crippen LogP contribution is 2.14. The Labute approximate surface area is 87.4 Å². The third-order valence-electron chi connectivity index (χ3n) is 1.58. The minimum atomic E-state index is -0.366. The zero-order valence-corrected chi connectivity index (χ0v) is 8.63. The first-order valence-corrected chi connectivity index (χ1v) is 4.27. The van der Waals surface area contributed by atoms with Crippen LogP contribution in [0.3, 0.4) is 0 Å². The summed E-state index contributed by atoms with van der Waals surface area (Å²) < 4.78 is 0. The van der Waals surface area contributed by atoms with Gasteiger partial charge >= 0.3 is 6.03 Å².